The second-order valence-corrected chi connectivity index (χ2v) is 22.1. The third-order valence-electron chi connectivity index (χ3n) is 9.27. The smallest absolute Gasteiger partial charge is 0.248 e. The van der Waals surface area contributed by atoms with Gasteiger partial charge in [0.25, 0.3) is 0 Å². The minimum atomic E-state index is -1.84. The van der Waals surface area contributed by atoms with E-state index in [0.717, 1.165) is 12.5 Å². The Labute approximate surface area is 276 Å². The summed E-state index contributed by atoms with van der Waals surface area (Å²) < 4.78 is 0. The topological polar surface area (TPSA) is 20.2 Å². The lowest BCUT2D eigenvalue weighted by Crippen LogP contribution is -2.11. The Morgan fingerprint density at radius 2 is 0.429 bits per heavy atom. The van der Waals surface area contributed by atoms with E-state index in [2.05, 4.69) is 0 Å². The first-order chi connectivity index (χ1) is 20.6. The van der Waals surface area contributed by atoms with Gasteiger partial charge in [0.1, 0.15) is 0 Å². The van der Waals surface area contributed by atoms with E-state index in [9.17, 15) is 0 Å². The highest BCUT2D eigenvalue weighted by Crippen LogP contribution is 2.23. The van der Waals surface area contributed by atoms with Gasteiger partial charge in [0, 0.05) is 6.61 Å². The fourth-order valence-corrected chi connectivity index (χ4v) is 8.05. The molecule has 0 fully saturated rings. The van der Waals surface area contributed by atoms with Crippen molar-refractivity contribution in [2.24, 2.45) is 0 Å². The number of halogens is 2. The van der Waals surface area contributed by atoms with Crippen LogP contribution in [0.1, 0.15) is 225 Å². The summed E-state index contributed by atoms with van der Waals surface area (Å²) in [5.41, 5.74) is 0. The molecule has 0 spiro atoms. The molecule has 0 saturated carbocycles. The molecule has 0 saturated heterocycles. The first-order valence-corrected chi connectivity index (χ1v) is 24.3. The minimum absolute atomic E-state index is 0.372. The Morgan fingerprint density at radius 1 is 0.286 bits per heavy atom. The van der Waals surface area contributed by atoms with Crippen molar-refractivity contribution in [2.75, 3.05) is 6.61 Å². The summed E-state index contributed by atoms with van der Waals surface area (Å²) in [5, 5.41) is 8.79. The molecule has 254 valence electrons. The van der Waals surface area contributed by atoms with Crippen molar-refractivity contribution >= 4 is 28.9 Å². The van der Waals surface area contributed by atoms with Crippen LogP contribution in [0.4, 0.5) is 0 Å². The number of hydrogen-bond acceptors (Lipinski definition) is 1. The molecule has 0 aliphatic heterocycles. The van der Waals surface area contributed by atoms with E-state index in [0.29, 0.717) is 6.61 Å². The van der Waals surface area contributed by atoms with Crippen LogP contribution in [0.3, 0.4) is 0 Å². The fourth-order valence-electron chi connectivity index (χ4n) is 6.38. The van der Waals surface area contributed by atoms with Gasteiger partial charge in [-0.3, -0.25) is 0 Å². The highest BCUT2D eigenvalue weighted by molar-refractivity contribution is 7.44. The minimum Gasteiger partial charge on any atom is -0.396 e. The van der Waals surface area contributed by atoms with Crippen molar-refractivity contribution in [1.82, 2.24) is 0 Å². The van der Waals surface area contributed by atoms with Crippen molar-refractivity contribution in [3.05, 3.63) is 0 Å². The highest BCUT2D eigenvalue weighted by Gasteiger charge is 2.19. The van der Waals surface area contributed by atoms with Gasteiger partial charge in [-0.1, -0.05) is 218 Å². The number of aliphatic hydroxyl groups is 1. The maximum atomic E-state index is 8.79. The van der Waals surface area contributed by atoms with Crippen LogP contribution in [0.5, 0.6) is 0 Å². The van der Waals surface area contributed by atoms with Crippen molar-refractivity contribution in [2.45, 2.75) is 237 Å². The van der Waals surface area contributed by atoms with Gasteiger partial charge >= 0.3 is 0 Å². The predicted molar refractivity (Wildman–Crippen MR) is 197 cm³/mol. The third-order valence-corrected chi connectivity index (χ3v) is 11.6. The zero-order chi connectivity index (χ0) is 30.7. The van der Waals surface area contributed by atoms with Crippen LogP contribution in [0.15, 0.2) is 0 Å². The molecule has 42 heavy (non-hydrogen) atoms. The Bertz CT molecular complexity index is 482. The molecule has 0 aromatic rings. The molecule has 0 bridgehead atoms. The molecule has 0 amide bonds. The highest BCUT2D eigenvalue weighted by atomic mass is 35.7. The molecule has 0 aromatic heterocycles. The number of unbranched alkanes of at least 4 members (excludes halogenated alkanes) is 34. The Morgan fingerprint density at radius 3 is 0.571 bits per heavy atom. The molecular weight excluding hydrogens is 571 g/mol. The summed E-state index contributed by atoms with van der Waals surface area (Å²) in [6.45, 7) is 0.569. The lowest BCUT2D eigenvalue weighted by molar-refractivity contribution is 0.282. The molecule has 1 N–H and O–H groups in total. The van der Waals surface area contributed by atoms with Crippen molar-refractivity contribution in [3.63, 3.8) is 0 Å². The van der Waals surface area contributed by atoms with E-state index in [1.54, 1.807) is 0 Å². The van der Waals surface area contributed by atoms with E-state index in [1.165, 1.54) is 218 Å². The zero-order valence-electron chi connectivity index (χ0n) is 28.9. The molecule has 0 atom stereocenters. The van der Waals surface area contributed by atoms with Crippen LogP contribution in [0, 0.1) is 0 Å². The van der Waals surface area contributed by atoms with Crippen LogP contribution in [-0.4, -0.2) is 18.4 Å². The molecule has 0 unspecified atom stereocenters. The monoisotopic (exact) mass is 649 g/mol. The SMILES string of the molecule is C[Si](Cl)(Cl)CCCCCCCCCCCCCCCCCCCCCCCCCCCCCCCCCCCCCO. The van der Waals surface area contributed by atoms with Gasteiger partial charge in [-0.05, 0) is 19.0 Å². The summed E-state index contributed by atoms with van der Waals surface area (Å²) in [6, 6.07) is 1.06. The number of aliphatic hydroxyl groups excluding tert-OH is 1. The predicted octanol–water partition coefficient (Wildman–Crippen LogP) is 15.2. The molecule has 0 aliphatic carbocycles. The van der Waals surface area contributed by atoms with Crippen molar-refractivity contribution in [1.29, 1.82) is 0 Å². The second kappa shape index (κ2) is 36.2. The molecule has 0 aliphatic rings. The average molecular weight is 650 g/mol. The van der Waals surface area contributed by atoms with Gasteiger partial charge in [-0.15, -0.1) is 22.2 Å². The van der Waals surface area contributed by atoms with E-state index >= 15 is 0 Å². The molecule has 0 heterocycles. The molecule has 1 nitrogen and oxygen atoms in total. The van der Waals surface area contributed by atoms with Crippen molar-refractivity contribution < 1.29 is 5.11 Å². The van der Waals surface area contributed by atoms with Crippen LogP contribution in [0.2, 0.25) is 12.6 Å². The first-order valence-electron chi connectivity index (χ1n) is 19.5. The largest absolute Gasteiger partial charge is 0.396 e. The number of rotatable bonds is 37. The summed E-state index contributed by atoms with van der Waals surface area (Å²) in [4.78, 5) is 0. The molecule has 0 rings (SSSR count). The average Bonchev–Trinajstić information content (AvgIpc) is 2.96. The van der Waals surface area contributed by atoms with Crippen LogP contribution >= 0.6 is 22.2 Å². The maximum absolute atomic E-state index is 8.79. The van der Waals surface area contributed by atoms with Crippen LogP contribution in [0.25, 0.3) is 0 Å². The zero-order valence-corrected chi connectivity index (χ0v) is 31.4. The van der Waals surface area contributed by atoms with E-state index in [-0.39, 0.29) is 0 Å². The second-order valence-electron chi connectivity index (χ2n) is 13.9. The molecule has 0 radical (unpaired) electrons. The quantitative estimate of drug-likeness (QED) is 0.0403. The van der Waals surface area contributed by atoms with Crippen LogP contribution < -0.4 is 0 Å². The fraction of sp³-hybridized carbons (Fsp3) is 1.00. The Balaban J connectivity index is 3.04. The van der Waals surface area contributed by atoms with Gasteiger partial charge in [0.2, 0.25) is 6.69 Å². The van der Waals surface area contributed by atoms with E-state index in [1.807, 2.05) is 6.55 Å². The van der Waals surface area contributed by atoms with E-state index < -0.39 is 6.69 Å². The van der Waals surface area contributed by atoms with E-state index in [4.69, 9.17) is 27.3 Å². The van der Waals surface area contributed by atoms with Crippen molar-refractivity contribution in [3.8, 4) is 0 Å². The van der Waals surface area contributed by atoms with Gasteiger partial charge in [-0.25, -0.2) is 0 Å². The summed E-state index contributed by atoms with van der Waals surface area (Å²) in [7, 11) is 0. The maximum Gasteiger partial charge on any atom is 0.248 e. The normalized spacial score (nSPS) is 12.0. The third kappa shape index (κ3) is 40.8. The Kier molecular flexibility index (Phi) is 36.9. The van der Waals surface area contributed by atoms with Gasteiger partial charge in [-0.2, -0.15) is 0 Å². The van der Waals surface area contributed by atoms with Gasteiger partial charge < -0.3 is 5.11 Å². The molecule has 4 heteroatoms. The lowest BCUT2D eigenvalue weighted by atomic mass is 10.0. The van der Waals surface area contributed by atoms with Crippen LogP contribution in [-0.2, 0) is 0 Å². The summed E-state index contributed by atoms with van der Waals surface area (Å²) in [5.74, 6) is 0. The Hall–Kier alpha value is 0.757. The molecule has 0 aromatic carbocycles. The number of hydrogen-bond donors (Lipinski definition) is 1. The summed E-state index contributed by atoms with van der Waals surface area (Å²) in [6.07, 6.45) is 49.7. The molecular formula is C38H78Cl2OSi. The van der Waals surface area contributed by atoms with Gasteiger partial charge in [0.15, 0.2) is 0 Å². The standard InChI is InChI=1S/C38H78Cl2OSi/c1-42(39,40)38-36-34-32-30-28-26-24-22-20-18-16-14-12-10-8-6-4-2-3-5-7-9-11-13-15-17-19-21-23-25-27-29-31-33-35-37-41/h41H,2-38H2,1H3. The summed E-state index contributed by atoms with van der Waals surface area (Å²) >= 11 is 12.3. The van der Waals surface area contributed by atoms with Gasteiger partial charge in [0.05, 0.1) is 0 Å². The lowest BCUT2D eigenvalue weighted by Gasteiger charge is -2.09. The first kappa shape index (κ1) is 42.8.